The summed E-state index contributed by atoms with van der Waals surface area (Å²) in [4.78, 5) is 16.6. The lowest BCUT2D eigenvalue weighted by molar-refractivity contribution is -0.118. The van der Waals surface area contributed by atoms with Gasteiger partial charge in [-0.25, -0.2) is 0 Å². The Morgan fingerprint density at radius 1 is 1.08 bits per heavy atom. The number of benzene rings is 1. The molecule has 0 unspecified atom stereocenters. The van der Waals surface area contributed by atoms with Gasteiger partial charge in [0.05, 0.1) is 12.2 Å². The van der Waals surface area contributed by atoms with Crippen molar-refractivity contribution >= 4 is 5.91 Å². The molecule has 0 saturated heterocycles. The van der Waals surface area contributed by atoms with Crippen LogP contribution in [-0.2, 0) is 17.9 Å². The first-order chi connectivity index (χ1) is 12.1. The maximum atomic E-state index is 12.3. The summed E-state index contributed by atoms with van der Waals surface area (Å²) in [5.41, 5.74) is 3.87. The third-order valence-electron chi connectivity index (χ3n) is 3.99. The zero-order chi connectivity index (χ0) is 17.6. The van der Waals surface area contributed by atoms with E-state index in [1.54, 1.807) is 0 Å². The fraction of sp³-hybridized carbons (Fsp3) is 0.250. The summed E-state index contributed by atoms with van der Waals surface area (Å²) < 4.78 is 3.84. The van der Waals surface area contributed by atoms with Crippen LogP contribution in [0.2, 0.25) is 0 Å². The number of carbonyl (C=O) groups excluding carboxylic acids is 1. The van der Waals surface area contributed by atoms with E-state index < -0.39 is 0 Å². The Bertz CT molecular complexity index is 922. The van der Waals surface area contributed by atoms with E-state index in [0.29, 0.717) is 25.0 Å². The molecule has 1 aromatic carbocycles. The van der Waals surface area contributed by atoms with Gasteiger partial charge >= 0.3 is 0 Å². The van der Waals surface area contributed by atoms with Crippen LogP contribution in [0.4, 0.5) is 0 Å². The molecule has 0 saturated carbocycles. The van der Waals surface area contributed by atoms with Crippen molar-refractivity contribution in [3.8, 4) is 0 Å². The van der Waals surface area contributed by atoms with Crippen LogP contribution < -0.4 is 5.49 Å². The molecule has 5 heteroatoms. The van der Waals surface area contributed by atoms with Crippen LogP contribution in [0.5, 0.6) is 0 Å². The van der Waals surface area contributed by atoms with Crippen molar-refractivity contribution in [1.29, 1.82) is 0 Å². The lowest BCUT2D eigenvalue weighted by Gasteiger charge is -2.07. The Labute approximate surface area is 147 Å². The van der Waals surface area contributed by atoms with E-state index in [9.17, 15) is 4.79 Å². The average molecular weight is 334 g/mol. The second-order valence-electron chi connectivity index (χ2n) is 6.08. The molecule has 0 N–H and O–H groups in total. The summed E-state index contributed by atoms with van der Waals surface area (Å²) >= 11 is 0. The molecule has 2 aromatic heterocycles. The third kappa shape index (κ3) is 4.53. The molecule has 0 atom stereocenters. The van der Waals surface area contributed by atoms with Gasteiger partial charge in [0.25, 0.3) is 0 Å². The van der Waals surface area contributed by atoms with E-state index in [2.05, 4.69) is 22.2 Å². The molecule has 0 bridgehead atoms. The molecule has 3 rings (SSSR count). The number of carbonyl (C=O) groups is 1. The first-order valence-corrected chi connectivity index (χ1v) is 8.40. The monoisotopic (exact) mass is 334 g/mol. The molecule has 0 fully saturated rings. The Morgan fingerprint density at radius 2 is 1.84 bits per heavy atom. The quantitative estimate of drug-likeness (QED) is 0.720. The van der Waals surface area contributed by atoms with Crippen molar-refractivity contribution < 1.29 is 4.79 Å². The van der Waals surface area contributed by atoms with Crippen molar-refractivity contribution in [3.05, 3.63) is 83.2 Å². The zero-order valence-corrected chi connectivity index (χ0v) is 14.6. The minimum Gasteiger partial charge on any atom is -0.329 e. The fourth-order valence-corrected chi connectivity index (χ4v) is 2.77. The minimum absolute atomic E-state index is 0.138. The van der Waals surface area contributed by atoms with Crippen LogP contribution in [0.25, 0.3) is 0 Å². The maximum absolute atomic E-state index is 12.3. The fourth-order valence-electron chi connectivity index (χ4n) is 2.77. The molecule has 0 spiro atoms. The van der Waals surface area contributed by atoms with Gasteiger partial charge in [-0.05, 0) is 37.6 Å². The number of nitrogens with zero attached hydrogens (tertiary/aromatic N) is 4. The number of rotatable bonds is 5. The topological polar surface area (TPSA) is 52.2 Å². The highest BCUT2D eigenvalue weighted by Gasteiger charge is 2.05. The van der Waals surface area contributed by atoms with Crippen molar-refractivity contribution in [1.82, 2.24) is 14.3 Å². The van der Waals surface area contributed by atoms with Crippen LogP contribution in [0.3, 0.4) is 0 Å². The molecule has 5 nitrogen and oxygen atoms in total. The maximum Gasteiger partial charge on any atom is 0.249 e. The number of hydrogen-bond donors (Lipinski definition) is 0. The number of hydrogen-bond acceptors (Lipinski definition) is 2. The third-order valence-corrected chi connectivity index (χ3v) is 3.99. The molecule has 0 aliphatic carbocycles. The van der Waals surface area contributed by atoms with Crippen molar-refractivity contribution in [2.45, 2.75) is 33.4 Å². The van der Waals surface area contributed by atoms with Crippen LogP contribution >= 0.6 is 0 Å². The summed E-state index contributed by atoms with van der Waals surface area (Å²) in [7, 11) is 0. The van der Waals surface area contributed by atoms with E-state index in [1.165, 1.54) is 5.56 Å². The van der Waals surface area contributed by atoms with Crippen LogP contribution in [0.1, 0.15) is 23.4 Å². The van der Waals surface area contributed by atoms with Gasteiger partial charge in [0.1, 0.15) is 5.49 Å². The van der Waals surface area contributed by atoms with E-state index in [-0.39, 0.29) is 5.91 Å². The summed E-state index contributed by atoms with van der Waals surface area (Å²) in [6.45, 7) is 5.18. The van der Waals surface area contributed by atoms with Gasteiger partial charge in [0, 0.05) is 24.9 Å². The minimum atomic E-state index is -0.138. The molecule has 128 valence electrons. The lowest BCUT2D eigenvalue weighted by atomic mass is 10.2. The van der Waals surface area contributed by atoms with E-state index >= 15 is 0 Å². The van der Waals surface area contributed by atoms with Gasteiger partial charge in [0.15, 0.2) is 0 Å². The zero-order valence-electron chi connectivity index (χ0n) is 14.6. The predicted octanol–water partition coefficient (Wildman–Crippen LogP) is 2.87. The predicted molar refractivity (Wildman–Crippen MR) is 96.9 cm³/mol. The number of pyridine rings is 1. The molecular weight excluding hydrogens is 312 g/mol. The number of aromatic nitrogens is 3. The molecule has 0 aliphatic heterocycles. The first-order valence-electron chi connectivity index (χ1n) is 8.40. The van der Waals surface area contributed by atoms with E-state index in [1.807, 2.05) is 71.8 Å². The van der Waals surface area contributed by atoms with Crippen LogP contribution in [0.15, 0.2) is 65.8 Å². The molecular formula is C20H22N4O. The smallest absolute Gasteiger partial charge is 0.249 e. The second kappa shape index (κ2) is 7.75. The highest BCUT2D eigenvalue weighted by Crippen LogP contribution is 2.03. The lowest BCUT2D eigenvalue weighted by Crippen LogP contribution is -2.22. The van der Waals surface area contributed by atoms with Gasteiger partial charge < -0.3 is 4.57 Å². The molecule has 25 heavy (non-hydrogen) atoms. The Kier molecular flexibility index (Phi) is 5.23. The van der Waals surface area contributed by atoms with Gasteiger partial charge in [-0.3, -0.25) is 9.48 Å². The van der Waals surface area contributed by atoms with Gasteiger partial charge in [-0.15, -0.1) is 0 Å². The Balaban J connectivity index is 1.74. The summed E-state index contributed by atoms with van der Waals surface area (Å²) in [6.07, 6.45) is 2.28. The summed E-state index contributed by atoms with van der Waals surface area (Å²) in [5, 5.41) is 4.38. The van der Waals surface area contributed by atoms with Crippen molar-refractivity contribution in [2.24, 2.45) is 4.99 Å². The van der Waals surface area contributed by atoms with Gasteiger partial charge in [-0.1, -0.05) is 36.4 Å². The van der Waals surface area contributed by atoms with Crippen LogP contribution in [-0.4, -0.2) is 20.3 Å². The highest BCUT2D eigenvalue weighted by molar-refractivity contribution is 5.76. The SMILES string of the molecule is Cc1cc(C)n(CCC(=O)N=c2ccccn2Cc2ccccc2)n1. The van der Waals surface area contributed by atoms with Gasteiger partial charge in [-0.2, -0.15) is 10.1 Å². The van der Waals surface area contributed by atoms with E-state index in [4.69, 9.17) is 0 Å². The Hall–Kier alpha value is -2.95. The number of amides is 1. The largest absolute Gasteiger partial charge is 0.329 e. The second-order valence-corrected chi connectivity index (χ2v) is 6.08. The van der Waals surface area contributed by atoms with Crippen LogP contribution in [0, 0.1) is 13.8 Å². The molecule has 0 aliphatic rings. The average Bonchev–Trinajstić information content (AvgIpc) is 2.93. The summed E-state index contributed by atoms with van der Waals surface area (Å²) in [5.74, 6) is -0.138. The normalized spacial score (nSPS) is 11.7. The van der Waals surface area contributed by atoms with Gasteiger partial charge in [0.2, 0.25) is 5.91 Å². The molecule has 2 heterocycles. The van der Waals surface area contributed by atoms with E-state index in [0.717, 1.165) is 11.4 Å². The van der Waals surface area contributed by atoms with Crippen molar-refractivity contribution in [2.75, 3.05) is 0 Å². The molecule has 1 amide bonds. The Morgan fingerprint density at radius 3 is 2.56 bits per heavy atom. The summed E-state index contributed by atoms with van der Waals surface area (Å²) in [6, 6.07) is 17.9. The molecule has 0 radical (unpaired) electrons. The van der Waals surface area contributed by atoms with Crippen molar-refractivity contribution in [3.63, 3.8) is 0 Å². The highest BCUT2D eigenvalue weighted by atomic mass is 16.1. The number of aryl methyl sites for hydroxylation is 3. The first kappa shape index (κ1) is 16.9. The standard InChI is InChI=1S/C20H22N4O/c1-16-14-17(2)24(22-16)13-11-20(25)21-19-10-6-7-12-23(19)15-18-8-4-3-5-9-18/h3-10,12,14H,11,13,15H2,1-2H3. The molecule has 3 aromatic rings.